The maximum absolute atomic E-state index is 10.7. The Kier molecular flexibility index (Phi) is 4.47. The zero-order chi connectivity index (χ0) is 9.52. The van der Waals surface area contributed by atoms with Crippen LogP contribution in [0.5, 0.6) is 0 Å². The van der Waals surface area contributed by atoms with Gasteiger partial charge in [-0.3, -0.25) is 4.79 Å². The SMILES string of the molecule is CC1(C)[C@H](C=C(Br)Br)[C@H]1C(=O)O.Cl. The number of carboxylic acid groups (broad SMARTS) is 1. The summed E-state index contributed by atoms with van der Waals surface area (Å²) in [5.74, 6) is -0.797. The highest BCUT2D eigenvalue weighted by molar-refractivity contribution is 9.28. The van der Waals surface area contributed by atoms with Gasteiger partial charge in [-0.25, -0.2) is 0 Å². The Morgan fingerprint density at radius 2 is 1.92 bits per heavy atom. The maximum Gasteiger partial charge on any atom is 0.307 e. The molecule has 1 saturated carbocycles. The summed E-state index contributed by atoms with van der Waals surface area (Å²) in [4.78, 5) is 10.7. The van der Waals surface area contributed by atoms with Crippen molar-refractivity contribution in [1.29, 1.82) is 0 Å². The average molecular weight is 334 g/mol. The van der Waals surface area contributed by atoms with Gasteiger partial charge < -0.3 is 5.11 Å². The Morgan fingerprint density at radius 3 is 2.15 bits per heavy atom. The summed E-state index contributed by atoms with van der Waals surface area (Å²) in [6, 6.07) is 0. The van der Waals surface area contributed by atoms with Gasteiger partial charge in [0.25, 0.3) is 0 Å². The fourth-order valence-electron chi connectivity index (χ4n) is 1.60. The van der Waals surface area contributed by atoms with Crippen molar-refractivity contribution in [3.63, 3.8) is 0 Å². The van der Waals surface area contributed by atoms with Crippen LogP contribution in [0.1, 0.15) is 13.8 Å². The van der Waals surface area contributed by atoms with Crippen LogP contribution in [-0.4, -0.2) is 11.1 Å². The molecule has 0 spiro atoms. The zero-order valence-corrected chi connectivity index (χ0v) is 11.2. The number of hydrogen-bond donors (Lipinski definition) is 1. The Labute approximate surface area is 100 Å². The molecule has 5 heteroatoms. The van der Waals surface area contributed by atoms with Crippen molar-refractivity contribution in [3.05, 3.63) is 9.47 Å². The van der Waals surface area contributed by atoms with Crippen LogP contribution in [0, 0.1) is 17.3 Å². The molecule has 1 aliphatic rings. The predicted octanol–water partition coefficient (Wildman–Crippen LogP) is 3.40. The number of allylic oxidation sites excluding steroid dienone is 1. The van der Waals surface area contributed by atoms with E-state index in [1.807, 2.05) is 19.9 Å². The molecule has 0 unspecified atom stereocenters. The number of hydrogen-bond acceptors (Lipinski definition) is 1. The third-order valence-electron chi connectivity index (χ3n) is 2.48. The molecule has 0 bridgehead atoms. The van der Waals surface area contributed by atoms with Crippen molar-refractivity contribution >= 4 is 50.2 Å². The van der Waals surface area contributed by atoms with Gasteiger partial charge in [0, 0.05) is 0 Å². The molecule has 0 heterocycles. The van der Waals surface area contributed by atoms with Crippen LogP contribution in [0.15, 0.2) is 9.47 Å². The predicted molar refractivity (Wildman–Crippen MR) is 61.6 cm³/mol. The monoisotopic (exact) mass is 332 g/mol. The van der Waals surface area contributed by atoms with Crippen LogP contribution in [0.2, 0.25) is 0 Å². The second kappa shape index (κ2) is 4.32. The highest BCUT2D eigenvalue weighted by atomic mass is 79.9. The van der Waals surface area contributed by atoms with Crippen LogP contribution in [-0.2, 0) is 4.79 Å². The van der Waals surface area contributed by atoms with Crippen molar-refractivity contribution in [2.24, 2.45) is 17.3 Å². The lowest BCUT2D eigenvalue weighted by Crippen LogP contribution is -2.02. The Bertz CT molecular complexity index is 247. The summed E-state index contributed by atoms with van der Waals surface area (Å²) in [7, 11) is 0. The summed E-state index contributed by atoms with van der Waals surface area (Å²) in [5.41, 5.74) is -0.0986. The van der Waals surface area contributed by atoms with Crippen LogP contribution in [0.25, 0.3) is 0 Å². The van der Waals surface area contributed by atoms with Crippen LogP contribution >= 0.6 is 44.3 Å². The first-order valence-corrected chi connectivity index (χ1v) is 5.21. The van der Waals surface area contributed by atoms with E-state index in [9.17, 15) is 4.79 Å². The van der Waals surface area contributed by atoms with E-state index in [0.29, 0.717) is 0 Å². The second-order valence-electron chi connectivity index (χ2n) is 3.62. The molecule has 0 aliphatic heterocycles. The van der Waals surface area contributed by atoms with Gasteiger partial charge in [0.15, 0.2) is 0 Å². The van der Waals surface area contributed by atoms with Crippen LogP contribution in [0.3, 0.4) is 0 Å². The molecule has 0 saturated heterocycles. The number of rotatable bonds is 2. The van der Waals surface area contributed by atoms with Gasteiger partial charge >= 0.3 is 5.97 Å². The molecule has 1 aliphatic carbocycles. The Morgan fingerprint density at radius 1 is 1.46 bits per heavy atom. The van der Waals surface area contributed by atoms with Crippen LogP contribution in [0.4, 0.5) is 0 Å². The molecule has 1 fully saturated rings. The highest BCUT2D eigenvalue weighted by Gasteiger charge is 2.60. The smallest absolute Gasteiger partial charge is 0.307 e. The van der Waals surface area contributed by atoms with Gasteiger partial charge in [-0.05, 0) is 43.2 Å². The zero-order valence-electron chi connectivity index (χ0n) is 7.25. The van der Waals surface area contributed by atoms with E-state index in [1.54, 1.807) is 0 Å². The van der Waals surface area contributed by atoms with Gasteiger partial charge in [-0.1, -0.05) is 19.9 Å². The normalized spacial score (nSPS) is 28.6. The standard InChI is InChI=1S/C8H10Br2O2.ClH/c1-8(2)4(3-5(9)10)6(8)7(11)12;/h3-4,6H,1-2H3,(H,11,12);1H/t4-,6+;/m1./s1. The Balaban J connectivity index is 0.00000144. The van der Waals surface area contributed by atoms with Crippen molar-refractivity contribution in [1.82, 2.24) is 0 Å². The van der Waals surface area contributed by atoms with E-state index >= 15 is 0 Å². The lowest BCUT2D eigenvalue weighted by Gasteiger charge is -1.96. The fraction of sp³-hybridized carbons (Fsp3) is 0.625. The molecule has 13 heavy (non-hydrogen) atoms. The highest BCUT2D eigenvalue weighted by Crippen LogP contribution is 2.59. The Hall–Kier alpha value is 0.460. The topological polar surface area (TPSA) is 37.3 Å². The van der Waals surface area contributed by atoms with E-state index in [1.165, 1.54) is 0 Å². The van der Waals surface area contributed by atoms with E-state index < -0.39 is 5.97 Å². The molecule has 0 radical (unpaired) electrons. The minimum Gasteiger partial charge on any atom is -0.481 e. The van der Waals surface area contributed by atoms with E-state index in [4.69, 9.17) is 5.11 Å². The molecule has 2 nitrogen and oxygen atoms in total. The molecule has 0 aromatic heterocycles. The molecule has 0 amide bonds. The minimum atomic E-state index is -0.706. The first kappa shape index (κ1) is 13.5. The van der Waals surface area contributed by atoms with Crippen LogP contribution < -0.4 is 0 Å². The number of halogens is 3. The number of carboxylic acids is 1. The van der Waals surface area contributed by atoms with Crippen molar-refractivity contribution in [2.75, 3.05) is 0 Å². The molecular formula is C8H11Br2ClO2. The van der Waals surface area contributed by atoms with Gasteiger partial charge in [0.2, 0.25) is 0 Å². The van der Waals surface area contributed by atoms with Gasteiger partial charge in [0.05, 0.1) is 9.31 Å². The first-order valence-electron chi connectivity index (χ1n) is 3.63. The molecule has 1 N–H and O–H groups in total. The average Bonchev–Trinajstić information content (AvgIpc) is 2.32. The molecule has 0 aromatic rings. The maximum atomic E-state index is 10.7. The third-order valence-corrected chi connectivity index (χ3v) is 3.01. The second-order valence-corrected chi connectivity index (χ2v) is 6.39. The van der Waals surface area contributed by atoms with Crippen molar-refractivity contribution in [2.45, 2.75) is 13.8 Å². The minimum absolute atomic E-state index is 0. The number of aliphatic carboxylic acids is 1. The van der Waals surface area contributed by atoms with E-state index in [0.717, 1.165) is 3.39 Å². The molecular weight excluding hydrogens is 323 g/mol. The summed E-state index contributed by atoms with van der Waals surface area (Å²) < 4.78 is 0.830. The fourth-order valence-corrected chi connectivity index (χ4v) is 2.17. The summed E-state index contributed by atoms with van der Waals surface area (Å²) in [6.45, 7) is 3.94. The molecule has 2 atom stereocenters. The van der Waals surface area contributed by atoms with Crippen molar-refractivity contribution < 1.29 is 9.90 Å². The third kappa shape index (κ3) is 2.70. The quantitative estimate of drug-likeness (QED) is 0.840. The molecule has 76 valence electrons. The summed E-state index contributed by atoms with van der Waals surface area (Å²) >= 11 is 6.46. The summed E-state index contributed by atoms with van der Waals surface area (Å²) in [5, 5.41) is 8.81. The summed E-state index contributed by atoms with van der Waals surface area (Å²) in [6.07, 6.45) is 1.90. The van der Waals surface area contributed by atoms with Gasteiger partial charge in [-0.2, -0.15) is 0 Å². The molecule has 1 rings (SSSR count). The lowest BCUT2D eigenvalue weighted by atomic mass is 10.1. The first-order chi connectivity index (χ1) is 5.37. The van der Waals surface area contributed by atoms with Gasteiger partial charge in [0.1, 0.15) is 0 Å². The van der Waals surface area contributed by atoms with E-state index in [-0.39, 0.29) is 29.7 Å². The van der Waals surface area contributed by atoms with E-state index in [2.05, 4.69) is 31.9 Å². The lowest BCUT2D eigenvalue weighted by molar-refractivity contribution is -0.139. The molecule has 0 aromatic carbocycles. The van der Waals surface area contributed by atoms with Crippen molar-refractivity contribution in [3.8, 4) is 0 Å². The largest absolute Gasteiger partial charge is 0.481 e. The number of carbonyl (C=O) groups is 1. The van der Waals surface area contributed by atoms with Gasteiger partial charge in [-0.15, -0.1) is 12.4 Å².